The normalized spacial score (nSPS) is 31.4. The molecule has 1 aromatic carbocycles. The average molecular weight is 428 g/mol. The van der Waals surface area contributed by atoms with E-state index in [4.69, 9.17) is 32.7 Å². The molecule has 28 heavy (non-hydrogen) atoms. The Bertz CT molecular complexity index is 701. The van der Waals surface area contributed by atoms with Gasteiger partial charge < -0.3 is 9.47 Å². The van der Waals surface area contributed by atoms with E-state index in [9.17, 15) is 9.59 Å². The molecule has 1 spiro atoms. The molecule has 1 N–H and O–H groups in total. The third kappa shape index (κ3) is 5.00. The van der Waals surface area contributed by atoms with Crippen LogP contribution in [0.4, 0.5) is 4.79 Å². The number of carbonyl (C=O) groups is 2. The topological polar surface area (TPSA) is 67.9 Å². The third-order valence-electron chi connectivity index (χ3n) is 5.65. The zero-order valence-corrected chi connectivity index (χ0v) is 17.6. The summed E-state index contributed by atoms with van der Waals surface area (Å²) in [7, 11) is 0. The van der Waals surface area contributed by atoms with E-state index in [1.807, 2.05) is 6.07 Å². The van der Waals surface area contributed by atoms with Crippen molar-refractivity contribution in [2.45, 2.75) is 80.4 Å². The molecule has 7 heteroatoms. The van der Waals surface area contributed by atoms with E-state index < -0.39 is 28.8 Å². The van der Waals surface area contributed by atoms with Crippen molar-refractivity contribution in [1.29, 1.82) is 0 Å². The monoisotopic (exact) mass is 427 g/mol. The van der Waals surface area contributed by atoms with Crippen LogP contribution in [0.5, 0.6) is 0 Å². The maximum Gasteiger partial charge on any atom is 0.416 e. The lowest BCUT2D eigenvalue weighted by Gasteiger charge is -2.39. The molecular weight excluding hydrogens is 401 g/mol. The summed E-state index contributed by atoms with van der Waals surface area (Å²) in [5.74, 6) is -0.472. The summed E-state index contributed by atoms with van der Waals surface area (Å²) in [5, 5.41) is 2.09. The smallest absolute Gasteiger partial charge is 0.416 e. The van der Waals surface area contributed by atoms with Crippen LogP contribution in [0.1, 0.15) is 57.4 Å². The SMILES string of the molecule is CC(=O)NC(=O)OC1O[C@@]12CC[C@@H](Cl)C[C@@]2(Cl)CCCCCc1ccccc1. The second kappa shape index (κ2) is 9.02. The van der Waals surface area contributed by atoms with E-state index in [0.29, 0.717) is 12.8 Å². The minimum Gasteiger partial charge on any atom is -0.416 e. The van der Waals surface area contributed by atoms with Crippen LogP contribution in [0.3, 0.4) is 0 Å². The number of hydrogen-bond acceptors (Lipinski definition) is 4. The molecular formula is C21H27Cl2NO4. The first-order chi connectivity index (χ1) is 13.3. The molecule has 1 aliphatic carbocycles. The van der Waals surface area contributed by atoms with Crippen LogP contribution < -0.4 is 5.32 Å². The molecule has 0 radical (unpaired) electrons. The van der Waals surface area contributed by atoms with Gasteiger partial charge in [0.2, 0.25) is 12.2 Å². The van der Waals surface area contributed by atoms with Gasteiger partial charge in [0, 0.05) is 12.3 Å². The standard InChI is InChI=1S/C21H27Cl2NO4/c1-15(25)24-19(26)27-18-21(28-18)13-11-17(22)14-20(21,23)12-7-3-6-10-16-8-4-2-5-9-16/h2,4-5,8-9,17-18H,3,6-7,10-14H2,1H3,(H,24,25,26)/t17-,18?,20+,21+/m1/s1. The number of aryl methyl sites for hydroxylation is 1. The van der Waals surface area contributed by atoms with Gasteiger partial charge in [-0.05, 0) is 44.1 Å². The number of alkyl halides is 2. The molecule has 2 amide bonds. The summed E-state index contributed by atoms with van der Waals surface area (Å²) in [6.45, 7) is 1.25. The van der Waals surface area contributed by atoms with E-state index in [-0.39, 0.29) is 5.38 Å². The minimum atomic E-state index is -0.802. The summed E-state index contributed by atoms with van der Waals surface area (Å²) < 4.78 is 11.1. The molecule has 1 aliphatic heterocycles. The summed E-state index contributed by atoms with van der Waals surface area (Å²) in [6, 6.07) is 10.4. The molecule has 1 saturated heterocycles. The largest absolute Gasteiger partial charge is 0.416 e. The number of rotatable bonds is 7. The van der Waals surface area contributed by atoms with E-state index >= 15 is 0 Å². The molecule has 3 rings (SSSR count). The lowest BCUT2D eigenvalue weighted by atomic mass is 9.75. The highest BCUT2D eigenvalue weighted by molar-refractivity contribution is 6.27. The van der Waals surface area contributed by atoms with Gasteiger partial charge in [0.1, 0.15) is 0 Å². The fourth-order valence-corrected chi connectivity index (χ4v) is 5.13. The van der Waals surface area contributed by atoms with Gasteiger partial charge in [-0.1, -0.05) is 43.2 Å². The second-order valence-corrected chi connectivity index (χ2v) is 9.12. The third-order valence-corrected chi connectivity index (χ3v) is 6.68. The Hall–Kier alpha value is -1.30. The van der Waals surface area contributed by atoms with Crippen LogP contribution in [-0.4, -0.2) is 34.1 Å². The number of ether oxygens (including phenoxy) is 2. The van der Waals surface area contributed by atoms with Crippen LogP contribution in [0, 0.1) is 0 Å². The van der Waals surface area contributed by atoms with Crippen LogP contribution in [-0.2, 0) is 20.7 Å². The predicted octanol–water partition coefficient (Wildman–Crippen LogP) is 4.93. The average Bonchev–Trinajstić information content (AvgIpc) is 3.33. The molecule has 1 aromatic rings. The van der Waals surface area contributed by atoms with Crippen molar-refractivity contribution in [2.24, 2.45) is 0 Å². The van der Waals surface area contributed by atoms with Crippen molar-refractivity contribution in [3.05, 3.63) is 35.9 Å². The molecule has 1 unspecified atom stereocenters. The van der Waals surface area contributed by atoms with Crippen molar-refractivity contribution >= 4 is 35.2 Å². The Kier molecular flexibility index (Phi) is 6.89. The Morgan fingerprint density at radius 3 is 2.71 bits per heavy atom. The Labute approximate surface area is 176 Å². The Morgan fingerprint density at radius 2 is 2.00 bits per heavy atom. The number of nitrogens with one attached hydrogen (secondary N) is 1. The summed E-state index contributed by atoms with van der Waals surface area (Å²) in [4.78, 5) is 22.1. The molecule has 1 saturated carbocycles. The maximum atomic E-state index is 11.7. The number of imide groups is 1. The molecule has 154 valence electrons. The van der Waals surface area contributed by atoms with Crippen LogP contribution in [0.2, 0.25) is 0 Å². The lowest BCUT2D eigenvalue weighted by Crippen LogP contribution is -2.48. The fraction of sp³-hybridized carbons (Fsp3) is 0.619. The number of benzene rings is 1. The van der Waals surface area contributed by atoms with Gasteiger partial charge in [0.05, 0.1) is 4.87 Å². The van der Waals surface area contributed by atoms with Crippen LogP contribution in [0.15, 0.2) is 30.3 Å². The van der Waals surface area contributed by atoms with Gasteiger partial charge in [-0.15, -0.1) is 23.2 Å². The van der Waals surface area contributed by atoms with E-state index in [0.717, 1.165) is 38.5 Å². The highest BCUT2D eigenvalue weighted by Gasteiger charge is 2.72. The molecule has 1 heterocycles. The number of carbonyl (C=O) groups excluding carboxylic acids is 2. The van der Waals surface area contributed by atoms with E-state index in [1.54, 1.807) is 0 Å². The molecule has 0 bridgehead atoms. The van der Waals surface area contributed by atoms with Crippen LogP contribution >= 0.6 is 23.2 Å². The number of halogens is 2. The molecule has 2 aliphatic rings. The second-order valence-electron chi connectivity index (χ2n) is 7.78. The van der Waals surface area contributed by atoms with Gasteiger partial charge in [-0.3, -0.25) is 10.1 Å². The number of hydrogen-bond donors (Lipinski definition) is 1. The summed E-state index contributed by atoms with van der Waals surface area (Å²) >= 11 is 13.4. The van der Waals surface area contributed by atoms with Crippen LogP contribution in [0.25, 0.3) is 0 Å². The van der Waals surface area contributed by atoms with E-state index in [1.165, 1.54) is 12.5 Å². The lowest BCUT2D eigenvalue weighted by molar-refractivity contribution is -0.118. The van der Waals surface area contributed by atoms with Crippen molar-refractivity contribution in [3.63, 3.8) is 0 Å². The van der Waals surface area contributed by atoms with Crippen molar-refractivity contribution < 1.29 is 19.1 Å². The zero-order chi connectivity index (χ0) is 20.2. The number of amides is 2. The fourth-order valence-electron chi connectivity index (χ4n) is 4.13. The summed E-state index contributed by atoms with van der Waals surface area (Å²) in [6.07, 6.45) is 5.40. The maximum absolute atomic E-state index is 11.7. The molecule has 5 nitrogen and oxygen atoms in total. The highest BCUT2D eigenvalue weighted by atomic mass is 35.5. The quantitative estimate of drug-likeness (QED) is 0.380. The first-order valence-electron chi connectivity index (χ1n) is 9.88. The van der Waals surface area contributed by atoms with Gasteiger partial charge in [0.15, 0.2) is 5.60 Å². The Morgan fingerprint density at radius 1 is 1.25 bits per heavy atom. The predicted molar refractivity (Wildman–Crippen MR) is 109 cm³/mol. The Balaban J connectivity index is 1.51. The van der Waals surface area contributed by atoms with E-state index in [2.05, 4.69) is 29.6 Å². The first kappa shape index (κ1) is 21.4. The number of epoxide rings is 1. The molecule has 0 aromatic heterocycles. The van der Waals surface area contributed by atoms with Gasteiger partial charge in [-0.25, -0.2) is 4.79 Å². The van der Waals surface area contributed by atoms with Crippen molar-refractivity contribution in [3.8, 4) is 0 Å². The van der Waals surface area contributed by atoms with Crippen molar-refractivity contribution in [2.75, 3.05) is 0 Å². The zero-order valence-electron chi connectivity index (χ0n) is 16.1. The minimum absolute atomic E-state index is 0.0108. The van der Waals surface area contributed by atoms with Crippen molar-refractivity contribution in [1.82, 2.24) is 5.32 Å². The highest BCUT2D eigenvalue weighted by Crippen LogP contribution is 2.60. The first-order valence-corrected chi connectivity index (χ1v) is 10.7. The molecule has 2 fully saturated rings. The van der Waals surface area contributed by atoms with Gasteiger partial charge in [-0.2, -0.15) is 0 Å². The number of unbranched alkanes of at least 4 members (excludes halogenated alkanes) is 2. The van der Waals surface area contributed by atoms with Gasteiger partial charge >= 0.3 is 6.09 Å². The molecule has 4 atom stereocenters. The van der Waals surface area contributed by atoms with Gasteiger partial charge in [0.25, 0.3) is 0 Å². The number of alkyl carbamates (subject to hydrolysis) is 1. The summed E-state index contributed by atoms with van der Waals surface area (Å²) in [5.41, 5.74) is 0.640.